The normalized spacial score (nSPS) is 10.1. The van der Waals surface area contributed by atoms with Gasteiger partial charge in [-0.1, -0.05) is 12.1 Å². The fourth-order valence-electron chi connectivity index (χ4n) is 1.88. The highest BCUT2D eigenvalue weighted by Crippen LogP contribution is 2.11. The van der Waals surface area contributed by atoms with Crippen LogP contribution in [0.4, 0.5) is 4.39 Å². The zero-order valence-electron chi connectivity index (χ0n) is 11.1. The summed E-state index contributed by atoms with van der Waals surface area (Å²) >= 11 is 0. The van der Waals surface area contributed by atoms with E-state index in [2.05, 4.69) is 5.32 Å². The lowest BCUT2D eigenvalue weighted by Gasteiger charge is -2.07. The van der Waals surface area contributed by atoms with Gasteiger partial charge in [0.1, 0.15) is 5.82 Å². The highest BCUT2D eigenvalue weighted by atomic mass is 19.1. The number of carbonyl (C=O) groups is 1. The quantitative estimate of drug-likeness (QED) is 0.885. The van der Waals surface area contributed by atoms with E-state index in [4.69, 9.17) is 10.4 Å². The van der Waals surface area contributed by atoms with E-state index >= 15 is 0 Å². The Labute approximate surface area is 121 Å². The Morgan fingerprint density at radius 3 is 2.52 bits per heavy atom. The van der Waals surface area contributed by atoms with E-state index in [9.17, 15) is 9.18 Å². The number of nitrogens with zero attached hydrogens (tertiary/aromatic N) is 1. The first-order valence-electron chi connectivity index (χ1n) is 6.31. The summed E-state index contributed by atoms with van der Waals surface area (Å²) in [5.74, 6) is -1.52. The van der Waals surface area contributed by atoms with Crippen LogP contribution in [0.15, 0.2) is 42.5 Å². The number of hydrogen-bond donors (Lipinski definition) is 2. The maximum absolute atomic E-state index is 13.6. The van der Waals surface area contributed by atoms with Gasteiger partial charge in [-0.25, -0.2) is 9.18 Å². The summed E-state index contributed by atoms with van der Waals surface area (Å²) in [7, 11) is 0. The Bertz CT molecular complexity index is 690. The lowest BCUT2D eigenvalue weighted by Crippen LogP contribution is -2.14. The van der Waals surface area contributed by atoms with Crippen molar-refractivity contribution in [2.75, 3.05) is 0 Å². The van der Waals surface area contributed by atoms with Gasteiger partial charge in [0.2, 0.25) is 0 Å². The lowest BCUT2D eigenvalue weighted by atomic mass is 10.1. The van der Waals surface area contributed by atoms with E-state index in [-0.39, 0.29) is 12.1 Å². The summed E-state index contributed by atoms with van der Waals surface area (Å²) in [6.07, 6.45) is 0. The molecule has 0 saturated heterocycles. The zero-order chi connectivity index (χ0) is 15.2. The number of carboxylic acids is 1. The van der Waals surface area contributed by atoms with Crippen LogP contribution in [0.25, 0.3) is 0 Å². The van der Waals surface area contributed by atoms with Crippen molar-refractivity contribution in [1.29, 1.82) is 5.26 Å². The maximum atomic E-state index is 13.6. The first-order valence-corrected chi connectivity index (χ1v) is 6.31. The smallest absolute Gasteiger partial charge is 0.335 e. The Morgan fingerprint density at radius 2 is 1.90 bits per heavy atom. The number of benzene rings is 2. The van der Waals surface area contributed by atoms with Crippen molar-refractivity contribution in [3.05, 3.63) is 70.5 Å². The van der Waals surface area contributed by atoms with Crippen molar-refractivity contribution in [1.82, 2.24) is 5.32 Å². The molecule has 0 unspecified atom stereocenters. The van der Waals surface area contributed by atoms with Crippen LogP contribution in [0.1, 0.15) is 27.0 Å². The number of carboxylic acid groups (broad SMARTS) is 1. The van der Waals surface area contributed by atoms with Gasteiger partial charge >= 0.3 is 5.97 Å². The topological polar surface area (TPSA) is 73.1 Å². The summed E-state index contributed by atoms with van der Waals surface area (Å²) in [5.41, 5.74) is 1.91. The van der Waals surface area contributed by atoms with Crippen molar-refractivity contribution >= 4 is 5.97 Å². The first-order chi connectivity index (χ1) is 10.1. The van der Waals surface area contributed by atoms with E-state index in [1.165, 1.54) is 12.1 Å². The zero-order valence-corrected chi connectivity index (χ0v) is 11.1. The van der Waals surface area contributed by atoms with Crippen LogP contribution in [0.3, 0.4) is 0 Å². The second-order valence-corrected chi connectivity index (χ2v) is 4.52. The molecule has 0 bridgehead atoms. The molecule has 2 rings (SSSR count). The van der Waals surface area contributed by atoms with Crippen LogP contribution in [0.5, 0.6) is 0 Å². The Balaban J connectivity index is 1.98. The minimum Gasteiger partial charge on any atom is -0.478 e. The summed E-state index contributed by atoms with van der Waals surface area (Å²) < 4.78 is 13.6. The van der Waals surface area contributed by atoms with Crippen molar-refractivity contribution in [3.63, 3.8) is 0 Å². The molecule has 0 atom stereocenters. The van der Waals surface area contributed by atoms with Gasteiger partial charge in [0, 0.05) is 18.7 Å². The number of nitrogens with one attached hydrogen (secondary N) is 1. The largest absolute Gasteiger partial charge is 0.478 e. The number of halogens is 1. The van der Waals surface area contributed by atoms with Gasteiger partial charge in [0.05, 0.1) is 17.2 Å². The molecule has 106 valence electrons. The van der Waals surface area contributed by atoms with Crippen LogP contribution in [-0.4, -0.2) is 11.1 Å². The van der Waals surface area contributed by atoms with E-state index in [0.29, 0.717) is 17.7 Å². The second-order valence-electron chi connectivity index (χ2n) is 4.52. The number of aromatic carboxylic acids is 1. The van der Waals surface area contributed by atoms with Crippen LogP contribution in [0.2, 0.25) is 0 Å². The molecule has 0 aliphatic rings. The molecule has 0 saturated carbocycles. The highest BCUT2D eigenvalue weighted by molar-refractivity contribution is 5.87. The van der Waals surface area contributed by atoms with Crippen LogP contribution < -0.4 is 5.32 Å². The molecular weight excluding hydrogens is 271 g/mol. The molecule has 0 radical (unpaired) electrons. The molecule has 0 aliphatic carbocycles. The van der Waals surface area contributed by atoms with Crippen LogP contribution in [-0.2, 0) is 13.1 Å². The number of rotatable bonds is 5. The Hall–Kier alpha value is -2.71. The molecule has 5 heteroatoms. The molecule has 4 nitrogen and oxygen atoms in total. The van der Waals surface area contributed by atoms with Gasteiger partial charge in [-0.2, -0.15) is 5.26 Å². The van der Waals surface area contributed by atoms with E-state index in [1.54, 1.807) is 12.1 Å². The molecule has 0 fully saturated rings. The molecule has 2 aromatic carbocycles. The minimum atomic E-state index is -1.08. The molecule has 0 amide bonds. The van der Waals surface area contributed by atoms with E-state index < -0.39 is 11.8 Å². The van der Waals surface area contributed by atoms with Gasteiger partial charge in [0.25, 0.3) is 0 Å². The summed E-state index contributed by atoms with van der Waals surface area (Å²) in [6.45, 7) is 0.732. The molecule has 21 heavy (non-hydrogen) atoms. The third kappa shape index (κ3) is 3.88. The fourth-order valence-corrected chi connectivity index (χ4v) is 1.88. The van der Waals surface area contributed by atoms with Crippen molar-refractivity contribution in [3.8, 4) is 6.07 Å². The van der Waals surface area contributed by atoms with Gasteiger partial charge in [-0.15, -0.1) is 0 Å². The standard InChI is InChI=1S/C16H13FN2O2/c17-15-6-5-13(16(20)21)7-14(15)10-19-9-12-3-1-11(8-18)2-4-12/h1-7,19H,9-10H2,(H,20,21). The van der Waals surface area contributed by atoms with E-state index in [1.807, 2.05) is 18.2 Å². The minimum absolute atomic E-state index is 0.0616. The summed E-state index contributed by atoms with van der Waals surface area (Å²) in [6, 6.07) is 12.8. The van der Waals surface area contributed by atoms with Crippen LogP contribution in [0, 0.1) is 17.1 Å². The predicted molar refractivity (Wildman–Crippen MR) is 75.1 cm³/mol. The average Bonchev–Trinajstić information content (AvgIpc) is 2.49. The van der Waals surface area contributed by atoms with Crippen molar-refractivity contribution in [2.45, 2.75) is 13.1 Å². The Morgan fingerprint density at radius 1 is 1.19 bits per heavy atom. The van der Waals surface area contributed by atoms with Gasteiger partial charge in [0.15, 0.2) is 0 Å². The van der Waals surface area contributed by atoms with Gasteiger partial charge in [-0.3, -0.25) is 0 Å². The van der Waals surface area contributed by atoms with E-state index in [0.717, 1.165) is 11.6 Å². The third-order valence-corrected chi connectivity index (χ3v) is 3.02. The molecule has 0 heterocycles. The number of hydrogen-bond acceptors (Lipinski definition) is 3. The van der Waals surface area contributed by atoms with Gasteiger partial charge in [-0.05, 0) is 35.9 Å². The monoisotopic (exact) mass is 284 g/mol. The van der Waals surface area contributed by atoms with Crippen molar-refractivity contribution < 1.29 is 14.3 Å². The summed E-state index contributed by atoms with van der Waals surface area (Å²) in [5, 5.41) is 20.6. The summed E-state index contributed by atoms with van der Waals surface area (Å²) in [4.78, 5) is 10.9. The molecule has 2 aromatic rings. The fraction of sp³-hybridized carbons (Fsp3) is 0.125. The van der Waals surface area contributed by atoms with Crippen molar-refractivity contribution in [2.24, 2.45) is 0 Å². The van der Waals surface area contributed by atoms with Crippen LogP contribution >= 0.6 is 0 Å². The molecular formula is C16H13FN2O2. The number of nitriles is 1. The molecule has 0 aliphatic heterocycles. The second kappa shape index (κ2) is 6.64. The molecule has 0 spiro atoms. The molecule has 0 aromatic heterocycles. The molecule has 2 N–H and O–H groups in total. The predicted octanol–water partition coefficient (Wildman–Crippen LogP) is 2.69. The lowest BCUT2D eigenvalue weighted by molar-refractivity contribution is 0.0696. The third-order valence-electron chi connectivity index (χ3n) is 3.02. The maximum Gasteiger partial charge on any atom is 0.335 e. The van der Waals surface area contributed by atoms with Gasteiger partial charge < -0.3 is 10.4 Å². The highest BCUT2D eigenvalue weighted by Gasteiger charge is 2.08. The first kappa shape index (κ1) is 14.7. The Kier molecular flexibility index (Phi) is 4.64. The average molecular weight is 284 g/mol. The SMILES string of the molecule is N#Cc1ccc(CNCc2cc(C(=O)O)ccc2F)cc1.